The lowest BCUT2D eigenvalue weighted by molar-refractivity contribution is 0.448. The molecular weight excluding hydrogens is 257 g/mol. The van der Waals surface area contributed by atoms with E-state index in [0.717, 1.165) is 31.0 Å². The number of nitrogens with zero attached hydrogens (tertiary/aromatic N) is 1. The Hall–Kier alpha value is -2.11. The van der Waals surface area contributed by atoms with Gasteiger partial charge in [-0.15, -0.1) is 0 Å². The van der Waals surface area contributed by atoms with Crippen LogP contribution in [-0.2, 0) is 0 Å². The van der Waals surface area contributed by atoms with Crippen molar-refractivity contribution >= 4 is 0 Å². The largest absolute Gasteiger partial charge is 0.310 e. The summed E-state index contributed by atoms with van der Waals surface area (Å²) in [5.74, 6) is -3.53. The highest BCUT2D eigenvalue weighted by Crippen LogP contribution is 2.38. The number of aromatic nitrogens is 2. The van der Waals surface area contributed by atoms with Crippen molar-refractivity contribution in [3.05, 3.63) is 51.8 Å². The summed E-state index contributed by atoms with van der Waals surface area (Å²) in [5.41, 5.74) is -0.634. The highest BCUT2D eigenvalue weighted by Gasteiger charge is 2.27. The van der Waals surface area contributed by atoms with Crippen molar-refractivity contribution in [2.45, 2.75) is 18.8 Å². The van der Waals surface area contributed by atoms with Crippen LogP contribution in [0.25, 0.3) is 11.3 Å². The topological polar surface area (TPSA) is 45.8 Å². The zero-order valence-corrected chi connectivity index (χ0v) is 9.71. The van der Waals surface area contributed by atoms with Gasteiger partial charge in [-0.05, 0) is 25.0 Å². The van der Waals surface area contributed by atoms with E-state index in [1.54, 1.807) is 0 Å². The molecule has 1 aliphatic carbocycles. The predicted octanol–water partition coefficient (Wildman–Crippen LogP) is 2.73. The molecule has 0 unspecified atom stereocenters. The summed E-state index contributed by atoms with van der Waals surface area (Å²) in [5, 5.41) is 0. The molecule has 0 radical (unpaired) electrons. The first-order chi connectivity index (χ1) is 9.06. The van der Waals surface area contributed by atoms with Crippen LogP contribution in [0.2, 0.25) is 0 Å². The molecule has 1 aromatic heterocycles. The predicted molar refractivity (Wildman–Crippen MR) is 62.1 cm³/mol. The molecule has 1 heterocycles. The number of nitrogens with one attached hydrogen (secondary N) is 1. The number of halogens is 3. The monoisotopic (exact) mass is 266 g/mol. The number of rotatable bonds is 2. The van der Waals surface area contributed by atoms with Crippen LogP contribution in [0, 0.1) is 17.5 Å². The molecule has 98 valence electrons. The average molecular weight is 266 g/mol. The summed E-state index contributed by atoms with van der Waals surface area (Å²) >= 11 is 0. The maximum Gasteiger partial charge on any atom is 0.251 e. The molecule has 0 amide bonds. The lowest BCUT2D eigenvalue weighted by Gasteiger charge is -2.05. The van der Waals surface area contributed by atoms with Crippen molar-refractivity contribution in [2.75, 3.05) is 0 Å². The van der Waals surface area contributed by atoms with Crippen molar-refractivity contribution in [1.29, 1.82) is 0 Å². The number of hydrogen-bond donors (Lipinski definition) is 1. The SMILES string of the molecule is O=c1cc(-c2ccc(F)c(F)c2F)nc(C2CC2)[nH]1. The van der Waals surface area contributed by atoms with Gasteiger partial charge < -0.3 is 4.98 Å². The first-order valence-electron chi connectivity index (χ1n) is 5.81. The molecule has 0 atom stereocenters. The quantitative estimate of drug-likeness (QED) is 0.849. The van der Waals surface area contributed by atoms with E-state index < -0.39 is 23.0 Å². The summed E-state index contributed by atoms with van der Waals surface area (Å²) in [7, 11) is 0. The molecule has 1 saturated carbocycles. The molecule has 19 heavy (non-hydrogen) atoms. The van der Waals surface area contributed by atoms with Crippen molar-refractivity contribution in [3.63, 3.8) is 0 Å². The van der Waals surface area contributed by atoms with Gasteiger partial charge in [-0.3, -0.25) is 4.79 Å². The highest BCUT2D eigenvalue weighted by molar-refractivity contribution is 5.59. The minimum Gasteiger partial charge on any atom is -0.310 e. The van der Waals surface area contributed by atoms with Crippen LogP contribution in [0.3, 0.4) is 0 Å². The minimum atomic E-state index is -1.56. The number of aromatic amines is 1. The summed E-state index contributed by atoms with van der Waals surface area (Å²) in [6.07, 6.45) is 1.82. The molecule has 0 aliphatic heterocycles. The van der Waals surface area contributed by atoms with Crippen LogP contribution in [0.1, 0.15) is 24.6 Å². The fourth-order valence-electron chi connectivity index (χ4n) is 1.89. The fraction of sp³-hybridized carbons (Fsp3) is 0.231. The van der Waals surface area contributed by atoms with Gasteiger partial charge in [0.1, 0.15) is 5.82 Å². The third-order valence-electron chi connectivity index (χ3n) is 3.04. The molecule has 1 N–H and O–H groups in total. The second-order valence-electron chi connectivity index (χ2n) is 4.51. The number of benzene rings is 1. The molecule has 2 aromatic rings. The van der Waals surface area contributed by atoms with Crippen LogP contribution in [0.4, 0.5) is 13.2 Å². The van der Waals surface area contributed by atoms with Gasteiger partial charge in [-0.1, -0.05) is 0 Å². The molecule has 0 saturated heterocycles. The Balaban J connectivity index is 2.16. The zero-order valence-electron chi connectivity index (χ0n) is 9.71. The molecule has 0 spiro atoms. The molecule has 1 aromatic carbocycles. The molecule has 3 nitrogen and oxygen atoms in total. The first-order valence-corrected chi connectivity index (χ1v) is 5.81. The Kier molecular flexibility index (Phi) is 2.66. The van der Waals surface area contributed by atoms with Crippen LogP contribution >= 0.6 is 0 Å². The smallest absolute Gasteiger partial charge is 0.251 e. The standard InChI is InChI=1S/C13H9F3N2O/c14-8-4-3-7(11(15)12(8)16)9-5-10(19)18-13(17-9)6-1-2-6/h3-6H,1-2H2,(H,17,18,19). The van der Waals surface area contributed by atoms with Gasteiger partial charge in [0.05, 0.1) is 5.69 Å². The van der Waals surface area contributed by atoms with E-state index in [9.17, 15) is 18.0 Å². The third kappa shape index (κ3) is 2.14. The van der Waals surface area contributed by atoms with Crippen molar-refractivity contribution in [3.8, 4) is 11.3 Å². The van der Waals surface area contributed by atoms with Gasteiger partial charge in [-0.25, -0.2) is 18.2 Å². The lowest BCUT2D eigenvalue weighted by Crippen LogP contribution is -2.11. The molecule has 3 rings (SSSR count). The normalized spacial score (nSPS) is 14.7. The third-order valence-corrected chi connectivity index (χ3v) is 3.04. The van der Waals surface area contributed by atoms with E-state index >= 15 is 0 Å². The van der Waals surface area contributed by atoms with E-state index in [4.69, 9.17) is 0 Å². The minimum absolute atomic E-state index is 0.0158. The van der Waals surface area contributed by atoms with Crippen molar-refractivity contribution < 1.29 is 13.2 Å². The van der Waals surface area contributed by atoms with Crippen molar-refractivity contribution in [2.24, 2.45) is 0 Å². The molecule has 6 heteroatoms. The van der Waals surface area contributed by atoms with E-state index in [2.05, 4.69) is 9.97 Å². The van der Waals surface area contributed by atoms with Gasteiger partial charge in [-0.2, -0.15) is 0 Å². The van der Waals surface area contributed by atoms with Crippen molar-refractivity contribution in [1.82, 2.24) is 9.97 Å². The number of hydrogen-bond acceptors (Lipinski definition) is 2. The Morgan fingerprint density at radius 1 is 1.16 bits per heavy atom. The van der Waals surface area contributed by atoms with E-state index in [0.29, 0.717) is 5.82 Å². The van der Waals surface area contributed by atoms with E-state index in [1.807, 2.05) is 0 Å². The van der Waals surface area contributed by atoms with Crippen LogP contribution in [-0.4, -0.2) is 9.97 Å². The van der Waals surface area contributed by atoms with Gasteiger partial charge in [0.15, 0.2) is 17.5 Å². The maximum absolute atomic E-state index is 13.7. The van der Waals surface area contributed by atoms with Gasteiger partial charge in [0, 0.05) is 17.5 Å². The molecule has 0 bridgehead atoms. The molecule has 1 fully saturated rings. The summed E-state index contributed by atoms with van der Waals surface area (Å²) in [4.78, 5) is 18.2. The zero-order chi connectivity index (χ0) is 13.6. The fourth-order valence-corrected chi connectivity index (χ4v) is 1.89. The van der Waals surface area contributed by atoms with Crippen LogP contribution < -0.4 is 5.56 Å². The van der Waals surface area contributed by atoms with Gasteiger partial charge >= 0.3 is 0 Å². The maximum atomic E-state index is 13.7. The summed E-state index contributed by atoms with van der Waals surface area (Å²) in [6, 6.07) is 2.96. The summed E-state index contributed by atoms with van der Waals surface area (Å²) < 4.78 is 39.7. The Morgan fingerprint density at radius 2 is 1.89 bits per heavy atom. The molecular formula is C13H9F3N2O. The van der Waals surface area contributed by atoms with Gasteiger partial charge in [0.25, 0.3) is 5.56 Å². The first kappa shape index (κ1) is 12.0. The van der Waals surface area contributed by atoms with Gasteiger partial charge in [0.2, 0.25) is 0 Å². The Morgan fingerprint density at radius 3 is 2.58 bits per heavy atom. The Bertz CT molecular complexity index is 708. The Labute approximate surface area is 106 Å². The number of H-pyrrole nitrogens is 1. The second-order valence-corrected chi connectivity index (χ2v) is 4.51. The summed E-state index contributed by atoms with van der Waals surface area (Å²) in [6.45, 7) is 0. The van der Waals surface area contributed by atoms with Crippen LogP contribution in [0.15, 0.2) is 23.0 Å². The van der Waals surface area contributed by atoms with E-state index in [1.165, 1.54) is 0 Å². The average Bonchev–Trinajstić information content (AvgIpc) is 3.19. The lowest BCUT2D eigenvalue weighted by atomic mass is 10.1. The molecule has 1 aliphatic rings. The second kappa shape index (κ2) is 4.22. The van der Waals surface area contributed by atoms with E-state index in [-0.39, 0.29) is 17.2 Å². The van der Waals surface area contributed by atoms with Crippen LogP contribution in [0.5, 0.6) is 0 Å². The highest BCUT2D eigenvalue weighted by atomic mass is 19.2.